The molecule has 0 saturated carbocycles. The van der Waals surface area contributed by atoms with E-state index < -0.39 is 5.60 Å². The molecule has 1 aromatic rings. The molecular formula is C19H24O2S. The molecular weight excluding hydrogens is 292 g/mol. The van der Waals surface area contributed by atoms with Crippen molar-refractivity contribution >= 4 is 11.8 Å². The second-order valence-corrected chi connectivity index (χ2v) is 7.48. The van der Waals surface area contributed by atoms with Crippen LogP contribution in [0, 0.1) is 0 Å². The molecule has 1 aromatic carbocycles. The van der Waals surface area contributed by atoms with Crippen molar-refractivity contribution in [3.8, 4) is 0 Å². The van der Waals surface area contributed by atoms with Crippen molar-refractivity contribution in [1.29, 1.82) is 0 Å². The maximum atomic E-state index is 11.5. The third kappa shape index (κ3) is 2.55. The Bertz CT molecular complexity index is 572. The fraction of sp³-hybridized carbons (Fsp3) is 0.474. The Kier molecular flexibility index (Phi) is 4.49. The van der Waals surface area contributed by atoms with Crippen molar-refractivity contribution in [2.75, 3.05) is 12.4 Å². The average molecular weight is 316 g/mol. The zero-order chi connectivity index (χ0) is 15.6. The second-order valence-electron chi connectivity index (χ2n) is 6.13. The number of ether oxygens (including phenoxy) is 1. The van der Waals surface area contributed by atoms with Gasteiger partial charge in [0.15, 0.2) is 0 Å². The molecule has 2 aliphatic rings. The largest absolute Gasteiger partial charge is 0.380 e. The molecule has 3 rings (SSSR count). The molecule has 2 nitrogen and oxygen atoms in total. The summed E-state index contributed by atoms with van der Waals surface area (Å²) in [5, 5.41) is 11.5. The number of hydrogen-bond donors (Lipinski definition) is 1. The Labute approximate surface area is 137 Å². The Morgan fingerprint density at radius 3 is 2.82 bits per heavy atom. The lowest BCUT2D eigenvalue weighted by Crippen LogP contribution is -2.37. The fourth-order valence-electron chi connectivity index (χ4n) is 3.77. The zero-order valence-corrected chi connectivity index (χ0v) is 14.0. The third-order valence-corrected chi connectivity index (χ3v) is 6.37. The van der Waals surface area contributed by atoms with Crippen molar-refractivity contribution in [3.05, 3.63) is 59.7 Å². The maximum Gasteiger partial charge on any atom is 0.135 e. The van der Waals surface area contributed by atoms with E-state index in [1.807, 2.05) is 48.2 Å². The van der Waals surface area contributed by atoms with Gasteiger partial charge in [0.1, 0.15) is 10.5 Å². The van der Waals surface area contributed by atoms with Gasteiger partial charge < -0.3 is 9.84 Å². The standard InChI is InChI=1S/C19H24O2S/c1-3-11-18(20,16-8-5-4-6-9-16)17-10-7-12-19(15(17)2)21-13-14-22-19/h3-6,8-9,20H,1,7,10-14H2,2H3/t18-,19+/m1/s1. The Balaban J connectivity index is 2.09. The first-order chi connectivity index (χ1) is 10.6. The van der Waals surface area contributed by atoms with E-state index in [1.54, 1.807) is 0 Å². The summed E-state index contributed by atoms with van der Waals surface area (Å²) in [5.41, 5.74) is 2.32. The van der Waals surface area contributed by atoms with Gasteiger partial charge in [0.2, 0.25) is 0 Å². The minimum absolute atomic E-state index is 0.211. The van der Waals surface area contributed by atoms with Gasteiger partial charge in [0.05, 0.1) is 6.61 Å². The van der Waals surface area contributed by atoms with Crippen LogP contribution in [-0.2, 0) is 10.3 Å². The van der Waals surface area contributed by atoms with Gasteiger partial charge >= 0.3 is 0 Å². The Morgan fingerprint density at radius 1 is 1.41 bits per heavy atom. The third-order valence-electron chi connectivity index (χ3n) is 4.90. The van der Waals surface area contributed by atoms with Crippen LogP contribution in [0.15, 0.2) is 54.1 Å². The van der Waals surface area contributed by atoms with E-state index in [4.69, 9.17) is 4.74 Å². The summed E-state index contributed by atoms with van der Waals surface area (Å²) in [6.07, 6.45) is 5.39. The van der Waals surface area contributed by atoms with Crippen LogP contribution in [0.2, 0.25) is 0 Å². The predicted octanol–water partition coefficient (Wildman–Crippen LogP) is 4.41. The van der Waals surface area contributed by atoms with Gasteiger partial charge in [-0.2, -0.15) is 0 Å². The second kappa shape index (κ2) is 6.23. The summed E-state index contributed by atoms with van der Waals surface area (Å²) in [6.45, 7) is 6.81. The summed E-state index contributed by atoms with van der Waals surface area (Å²) in [5.74, 6) is 1.04. The number of thioether (sulfide) groups is 1. The minimum Gasteiger partial charge on any atom is -0.380 e. The van der Waals surface area contributed by atoms with Crippen LogP contribution in [0.4, 0.5) is 0 Å². The van der Waals surface area contributed by atoms with Crippen LogP contribution in [0.3, 0.4) is 0 Å². The monoisotopic (exact) mass is 316 g/mol. The quantitative estimate of drug-likeness (QED) is 0.834. The van der Waals surface area contributed by atoms with Crippen LogP contribution in [0.5, 0.6) is 0 Å². The van der Waals surface area contributed by atoms with Crippen molar-refractivity contribution in [3.63, 3.8) is 0 Å². The van der Waals surface area contributed by atoms with Gasteiger partial charge in [-0.15, -0.1) is 18.3 Å². The molecule has 118 valence electrons. The number of aliphatic hydroxyl groups is 1. The first-order valence-electron chi connectivity index (χ1n) is 8.00. The van der Waals surface area contributed by atoms with Gasteiger partial charge in [-0.3, -0.25) is 0 Å². The minimum atomic E-state index is -0.965. The molecule has 1 N–H and O–H groups in total. The summed E-state index contributed by atoms with van der Waals surface area (Å²) in [4.78, 5) is -0.211. The molecule has 1 spiro atoms. The molecule has 1 aliphatic heterocycles. The zero-order valence-electron chi connectivity index (χ0n) is 13.2. The fourth-order valence-corrected chi connectivity index (χ4v) is 5.06. The number of rotatable bonds is 4. The molecule has 0 radical (unpaired) electrons. The lowest BCUT2D eigenvalue weighted by Gasteiger charge is -2.41. The molecule has 1 aliphatic carbocycles. The maximum absolute atomic E-state index is 11.5. The number of hydrogen-bond acceptors (Lipinski definition) is 3. The van der Waals surface area contributed by atoms with Gasteiger partial charge in [-0.1, -0.05) is 36.4 Å². The average Bonchev–Trinajstić information content (AvgIpc) is 3.01. The van der Waals surface area contributed by atoms with Crippen molar-refractivity contribution < 1.29 is 9.84 Å². The first-order valence-corrected chi connectivity index (χ1v) is 8.98. The highest BCUT2D eigenvalue weighted by atomic mass is 32.2. The Hall–Kier alpha value is -1.03. The topological polar surface area (TPSA) is 29.5 Å². The molecule has 0 aromatic heterocycles. The van der Waals surface area contributed by atoms with Gasteiger partial charge in [-0.25, -0.2) is 0 Å². The van der Waals surface area contributed by atoms with E-state index in [1.165, 1.54) is 5.57 Å². The van der Waals surface area contributed by atoms with E-state index in [0.29, 0.717) is 6.42 Å². The van der Waals surface area contributed by atoms with Crippen LogP contribution < -0.4 is 0 Å². The van der Waals surface area contributed by atoms with E-state index in [-0.39, 0.29) is 4.93 Å². The molecule has 2 atom stereocenters. The predicted molar refractivity (Wildman–Crippen MR) is 92.8 cm³/mol. The van der Waals surface area contributed by atoms with Gasteiger partial charge in [0.25, 0.3) is 0 Å². The highest BCUT2D eigenvalue weighted by molar-refractivity contribution is 8.00. The van der Waals surface area contributed by atoms with Crippen LogP contribution >= 0.6 is 11.8 Å². The summed E-state index contributed by atoms with van der Waals surface area (Å²) in [6, 6.07) is 9.97. The summed E-state index contributed by atoms with van der Waals surface area (Å²) >= 11 is 1.89. The van der Waals surface area contributed by atoms with Crippen LogP contribution in [0.1, 0.15) is 38.2 Å². The van der Waals surface area contributed by atoms with E-state index in [9.17, 15) is 5.11 Å². The van der Waals surface area contributed by atoms with Crippen LogP contribution in [0.25, 0.3) is 0 Å². The summed E-state index contributed by atoms with van der Waals surface area (Å²) < 4.78 is 6.10. The highest BCUT2D eigenvalue weighted by Gasteiger charge is 2.45. The molecule has 0 unspecified atom stereocenters. The Morgan fingerprint density at radius 2 is 2.18 bits per heavy atom. The number of benzene rings is 1. The molecule has 3 heteroatoms. The van der Waals surface area contributed by atoms with Gasteiger partial charge in [-0.05, 0) is 42.9 Å². The first kappa shape index (κ1) is 15.9. The van der Waals surface area contributed by atoms with E-state index in [2.05, 4.69) is 13.5 Å². The van der Waals surface area contributed by atoms with E-state index >= 15 is 0 Å². The molecule has 22 heavy (non-hydrogen) atoms. The van der Waals surface area contributed by atoms with Crippen LogP contribution in [-0.4, -0.2) is 22.4 Å². The SMILES string of the molecule is C=CC[C@](O)(C1=C(C)[C@@]2(CCC1)OCCS2)c1ccccc1. The summed E-state index contributed by atoms with van der Waals surface area (Å²) in [7, 11) is 0. The lowest BCUT2D eigenvalue weighted by atomic mass is 9.75. The molecule has 0 amide bonds. The molecule has 1 heterocycles. The smallest absolute Gasteiger partial charge is 0.135 e. The lowest BCUT2D eigenvalue weighted by molar-refractivity contribution is 0.0409. The van der Waals surface area contributed by atoms with E-state index in [0.717, 1.165) is 42.8 Å². The van der Waals surface area contributed by atoms with Gasteiger partial charge in [0, 0.05) is 12.2 Å². The van der Waals surface area contributed by atoms with Crippen molar-refractivity contribution in [1.82, 2.24) is 0 Å². The van der Waals surface area contributed by atoms with Crippen molar-refractivity contribution in [2.45, 2.75) is 43.1 Å². The molecule has 1 fully saturated rings. The molecule has 0 bridgehead atoms. The normalized spacial score (nSPS) is 27.9. The van der Waals surface area contributed by atoms with Crippen molar-refractivity contribution in [2.24, 2.45) is 0 Å². The highest BCUT2D eigenvalue weighted by Crippen LogP contribution is 2.51. The molecule has 1 saturated heterocycles.